The molecule has 0 fully saturated rings. The van der Waals surface area contributed by atoms with Crippen LogP contribution in [0.2, 0.25) is 0 Å². The molecule has 0 aliphatic carbocycles. The van der Waals surface area contributed by atoms with Gasteiger partial charge in [0, 0.05) is 17.4 Å². The van der Waals surface area contributed by atoms with Gasteiger partial charge in [-0.1, -0.05) is 37.3 Å². The van der Waals surface area contributed by atoms with Crippen LogP contribution in [0.5, 0.6) is 0 Å². The molecule has 0 aliphatic heterocycles. The number of halogens is 3. The summed E-state index contributed by atoms with van der Waals surface area (Å²) in [5.41, 5.74) is 0.758. The lowest BCUT2D eigenvalue weighted by Gasteiger charge is -2.12. The molecule has 0 amide bonds. The molecule has 160 valence electrons. The summed E-state index contributed by atoms with van der Waals surface area (Å²) in [5, 5.41) is 2.70. The van der Waals surface area contributed by atoms with Gasteiger partial charge in [0.25, 0.3) is 0 Å². The number of aryl methyl sites for hydroxylation is 1. The molecule has 5 nitrogen and oxygen atoms in total. The Morgan fingerprint density at radius 1 is 1.03 bits per heavy atom. The average molecular weight is 428 g/mol. The van der Waals surface area contributed by atoms with Crippen LogP contribution in [0.3, 0.4) is 0 Å². The first-order chi connectivity index (χ1) is 14.8. The summed E-state index contributed by atoms with van der Waals surface area (Å²) >= 11 is 0. The van der Waals surface area contributed by atoms with Crippen LogP contribution < -0.4 is 5.32 Å². The first-order valence-electron chi connectivity index (χ1n) is 9.46. The maximum Gasteiger partial charge on any atom is 0.416 e. The largest absolute Gasteiger partial charge is 0.454 e. The molecule has 0 radical (unpaired) electrons. The van der Waals surface area contributed by atoms with Gasteiger partial charge in [0.05, 0.1) is 5.56 Å². The van der Waals surface area contributed by atoms with E-state index in [0.717, 1.165) is 24.1 Å². The first kappa shape index (κ1) is 22.0. The molecule has 0 spiro atoms. The van der Waals surface area contributed by atoms with E-state index in [1.807, 2.05) is 19.1 Å². The number of alkyl halides is 3. The summed E-state index contributed by atoms with van der Waals surface area (Å²) in [6.45, 7) is 1.53. The highest BCUT2D eigenvalue weighted by Gasteiger charge is 2.30. The van der Waals surface area contributed by atoms with Crippen LogP contribution in [-0.2, 0) is 17.3 Å². The number of benzene rings is 2. The van der Waals surface area contributed by atoms with Gasteiger partial charge in [-0.15, -0.1) is 0 Å². The van der Waals surface area contributed by atoms with Gasteiger partial charge in [0.1, 0.15) is 11.4 Å². The molecular weight excluding hydrogens is 409 g/mol. The summed E-state index contributed by atoms with van der Waals surface area (Å²) in [7, 11) is 0. The van der Waals surface area contributed by atoms with Crippen molar-refractivity contribution < 1.29 is 27.5 Å². The number of Topliss-reactive ketones (excluding diaryl/α,β-unsaturated/α-hetero) is 1. The highest BCUT2D eigenvalue weighted by Crippen LogP contribution is 2.31. The van der Waals surface area contributed by atoms with Crippen molar-refractivity contribution >= 4 is 23.3 Å². The van der Waals surface area contributed by atoms with Gasteiger partial charge in [0.15, 0.2) is 12.4 Å². The fraction of sp³-hybridized carbons (Fsp3) is 0.174. The van der Waals surface area contributed by atoms with Crippen LogP contribution in [0, 0.1) is 0 Å². The molecule has 31 heavy (non-hydrogen) atoms. The number of anilines is 2. The molecule has 0 aliphatic rings. The average Bonchev–Trinajstić information content (AvgIpc) is 2.77. The number of nitrogens with one attached hydrogen (secondary N) is 1. The van der Waals surface area contributed by atoms with Gasteiger partial charge in [-0.3, -0.25) is 4.79 Å². The minimum Gasteiger partial charge on any atom is -0.454 e. The number of pyridine rings is 1. The lowest BCUT2D eigenvalue weighted by atomic mass is 10.1. The van der Waals surface area contributed by atoms with Crippen molar-refractivity contribution in [2.75, 3.05) is 11.9 Å². The van der Waals surface area contributed by atoms with E-state index in [1.165, 1.54) is 30.5 Å². The number of carbonyl (C=O) groups is 2. The molecule has 1 heterocycles. The van der Waals surface area contributed by atoms with Crippen molar-refractivity contribution in [2.24, 2.45) is 0 Å². The molecule has 3 rings (SSSR count). The van der Waals surface area contributed by atoms with Crippen molar-refractivity contribution in [1.82, 2.24) is 4.98 Å². The molecule has 3 aromatic rings. The number of nitrogens with zero attached hydrogens (tertiary/aromatic N) is 1. The van der Waals surface area contributed by atoms with E-state index in [0.29, 0.717) is 5.56 Å². The fourth-order valence-electron chi connectivity index (χ4n) is 2.80. The molecule has 1 aromatic heterocycles. The fourth-order valence-corrected chi connectivity index (χ4v) is 2.80. The van der Waals surface area contributed by atoms with E-state index in [2.05, 4.69) is 10.3 Å². The number of ether oxygens (including phenoxy) is 1. The van der Waals surface area contributed by atoms with E-state index in [-0.39, 0.29) is 22.9 Å². The Hall–Kier alpha value is -3.68. The minimum atomic E-state index is -4.50. The summed E-state index contributed by atoms with van der Waals surface area (Å²) < 4.78 is 43.9. The van der Waals surface area contributed by atoms with Gasteiger partial charge < -0.3 is 10.1 Å². The van der Waals surface area contributed by atoms with Gasteiger partial charge in [-0.05, 0) is 42.3 Å². The molecule has 0 unspecified atom stereocenters. The van der Waals surface area contributed by atoms with Crippen molar-refractivity contribution in [3.8, 4) is 0 Å². The molecule has 0 saturated heterocycles. The topological polar surface area (TPSA) is 68.3 Å². The Balaban J connectivity index is 1.71. The van der Waals surface area contributed by atoms with Gasteiger partial charge >= 0.3 is 12.1 Å². The highest BCUT2D eigenvalue weighted by molar-refractivity contribution is 6.00. The molecule has 2 aromatic carbocycles. The number of rotatable bonds is 7. The van der Waals surface area contributed by atoms with E-state index in [1.54, 1.807) is 12.1 Å². The number of hydrogen-bond acceptors (Lipinski definition) is 5. The Morgan fingerprint density at radius 2 is 1.77 bits per heavy atom. The molecular formula is C23H19F3N2O3. The normalized spacial score (nSPS) is 11.1. The maximum absolute atomic E-state index is 12.9. The zero-order valence-electron chi connectivity index (χ0n) is 16.6. The third kappa shape index (κ3) is 5.69. The van der Waals surface area contributed by atoms with Crippen molar-refractivity contribution in [1.29, 1.82) is 0 Å². The third-order valence-electron chi connectivity index (χ3n) is 4.50. The maximum atomic E-state index is 12.9. The monoisotopic (exact) mass is 428 g/mol. The lowest BCUT2D eigenvalue weighted by Crippen LogP contribution is -2.16. The number of ketones is 1. The van der Waals surface area contributed by atoms with Crippen LogP contribution >= 0.6 is 0 Å². The van der Waals surface area contributed by atoms with Crippen LogP contribution in [0.15, 0.2) is 66.9 Å². The van der Waals surface area contributed by atoms with Crippen LogP contribution in [0.4, 0.5) is 24.7 Å². The zero-order chi connectivity index (χ0) is 22.4. The Labute approximate surface area is 176 Å². The summed E-state index contributed by atoms with van der Waals surface area (Å²) in [6.07, 6.45) is -2.28. The number of carbonyl (C=O) groups excluding carboxylic acids is 2. The SMILES string of the molecule is CCc1ccc(C(=O)COC(=O)c2cccnc2Nc2cccc(C(F)(F)F)c2)cc1. The van der Waals surface area contributed by atoms with E-state index >= 15 is 0 Å². The number of aromatic nitrogens is 1. The van der Waals surface area contributed by atoms with E-state index < -0.39 is 24.3 Å². The molecule has 1 N–H and O–H groups in total. The van der Waals surface area contributed by atoms with Crippen molar-refractivity contribution in [3.05, 3.63) is 89.1 Å². The predicted octanol–water partition coefficient (Wildman–Crippen LogP) is 5.45. The van der Waals surface area contributed by atoms with Crippen LogP contribution in [-0.4, -0.2) is 23.3 Å². The van der Waals surface area contributed by atoms with E-state index in [4.69, 9.17) is 4.74 Å². The third-order valence-corrected chi connectivity index (χ3v) is 4.50. The second-order valence-corrected chi connectivity index (χ2v) is 6.65. The number of hydrogen-bond donors (Lipinski definition) is 1. The predicted molar refractivity (Wildman–Crippen MR) is 109 cm³/mol. The zero-order valence-corrected chi connectivity index (χ0v) is 16.6. The van der Waals surface area contributed by atoms with Crippen LogP contribution in [0.25, 0.3) is 0 Å². The standard InChI is InChI=1S/C23H19F3N2O3/c1-2-15-8-10-16(11-9-15)20(29)14-31-22(30)19-7-4-12-27-21(19)28-18-6-3-5-17(13-18)23(24,25)26/h3-13H,2,14H2,1H3,(H,27,28). The highest BCUT2D eigenvalue weighted by atomic mass is 19.4. The molecule has 0 saturated carbocycles. The van der Waals surface area contributed by atoms with Crippen LogP contribution in [0.1, 0.15) is 38.8 Å². The minimum absolute atomic E-state index is 0.00552. The molecule has 0 atom stereocenters. The summed E-state index contributed by atoms with van der Waals surface area (Å²) in [4.78, 5) is 28.8. The van der Waals surface area contributed by atoms with Crippen molar-refractivity contribution in [3.63, 3.8) is 0 Å². The Bertz CT molecular complexity index is 1080. The Kier molecular flexibility index (Phi) is 6.69. The van der Waals surface area contributed by atoms with Gasteiger partial charge in [-0.2, -0.15) is 13.2 Å². The smallest absolute Gasteiger partial charge is 0.416 e. The summed E-state index contributed by atoms with van der Waals surface area (Å²) in [5.74, 6) is -1.17. The lowest BCUT2D eigenvalue weighted by molar-refractivity contribution is -0.137. The van der Waals surface area contributed by atoms with Gasteiger partial charge in [0.2, 0.25) is 0 Å². The molecule has 0 bridgehead atoms. The summed E-state index contributed by atoms with van der Waals surface area (Å²) in [6, 6.07) is 14.4. The molecule has 8 heteroatoms. The first-order valence-corrected chi connectivity index (χ1v) is 9.46. The second kappa shape index (κ2) is 9.42. The quantitative estimate of drug-likeness (QED) is 0.401. The second-order valence-electron chi connectivity index (χ2n) is 6.65. The number of esters is 1. The van der Waals surface area contributed by atoms with Crippen molar-refractivity contribution in [2.45, 2.75) is 19.5 Å². The van der Waals surface area contributed by atoms with Gasteiger partial charge in [-0.25, -0.2) is 9.78 Å². The van der Waals surface area contributed by atoms with E-state index in [9.17, 15) is 22.8 Å². The Morgan fingerprint density at radius 3 is 2.45 bits per heavy atom.